The van der Waals surface area contributed by atoms with Crippen LogP contribution in [0.2, 0.25) is 0 Å². The van der Waals surface area contributed by atoms with Crippen molar-refractivity contribution in [2.45, 2.75) is 30.7 Å². The number of fused-ring (bicyclic) bond motifs is 1. The molecule has 1 fully saturated rings. The van der Waals surface area contributed by atoms with Crippen molar-refractivity contribution in [3.63, 3.8) is 0 Å². The zero-order chi connectivity index (χ0) is 16.6. The quantitative estimate of drug-likeness (QED) is 0.861. The molecule has 1 aliphatic heterocycles. The summed E-state index contributed by atoms with van der Waals surface area (Å²) in [5, 5.41) is 11.9. The van der Waals surface area contributed by atoms with Gasteiger partial charge in [0.15, 0.2) is 0 Å². The average molecular weight is 334 g/mol. The second kappa shape index (κ2) is 6.23. The zero-order valence-corrected chi connectivity index (χ0v) is 13.6. The highest BCUT2D eigenvalue weighted by Crippen LogP contribution is 2.34. The van der Waals surface area contributed by atoms with Gasteiger partial charge >= 0.3 is 5.97 Å². The third-order valence-electron chi connectivity index (χ3n) is 4.00. The van der Waals surface area contributed by atoms with Crippen LogP contribution in [-0.2, 0) is 9.59 Å². The third-order valence-corrected chi connectivity index (χ3v) is 5.07. The van der Waals surface area contributed by atoms with Gasteiger partial charge < -0.3 is 15.3 Å². The predicted octanol–water partition coefficient (Wildman–Crippen LogP) is 2.06. The molecule has 7 heteroatoms. The fourth-order valence-electron chi connectivity index (χ4n) is 2.54. The van der Waals surface area contributed by atoms with Crippen molar-refractivity contribution in [2.24, 2.45) is 5.92 Å². The summed E-state index contributed by atoms with van der Waals surface area (Å²) in [6, 6.07) is 5.39. The molecule has 0 bridgehead atoms. The van der Waals surface area contributed by atoms with Gasteiger partial charge in [-0.1, -0.05) is 6.92 Å². The van der Waals surface area contributed by atoms with E-state index in [0.717, 1.165) is 17.7 Å². The molecule has 3 rings (SSSR count). The van der Waals surface area contributed by atoms with Gasteiger partial charge in [-0.2, -0.15) is 0 Å². The Morgan fingerprint density at radius 1 is 1.43 bits per heavy atom. The number of anilines is 1. The molecule has 1 aromatic rings. The number of carboxylic acid groups (broad SMARTS) is 1. The second-order valence-corrected chi connectivity index (χ2v) is 6.99. The number of rotatable bonds is 5. The highest BCUT2D eigenvalue weighted by atomic mass is 32.2. The van der Waals surface area contributed by atoms with Crippen LogP contribution in [0.1, 0.15) is 30.1 Å². The van der Waals surface area contributed by atoms with Crippen molar-refractivity contribution in [1.29, 1.82) is 0 Å². The molecule has 0 aromatic heterocycles. The number of aliphatic carboxylic acids is 1. The summed E-state index contributed by atoms with van der Waals surface area (Å²) in [5.41, 5.74) is 1.13. The monoisotopic (exact) mass is 334 g/mol. The number of nitrogens with one attached hydrogen (secondary N) is 1. The van der Waals surface area contributed by atoms with E-state index in [2.05, 4.69) is 5.32 Å². The Balaban J connectivity index is 1.81. The lowest BCUT2D eigenvalue weighted by Crippen LogP contribution is -2.38. The van der Waals surface area contributed by atoms with Crippen LogP contribution in [0.15, 0.2) is 23.1 Å². The van der Waals surface area contributed by atoms with Gasteiger partial charge in [0, 0.05) is 23.0 Å². The highest BCUT2D eigenvalue weighted by Gasteiger charge is 2.35. The predicted molar refractivity (Wildman–Crippen MR) is 86.7 cm³/mol. The highest BCUT2D eigenvalue weighted by molar-refractivity contribution is 8.00. The van der Waals surface area contributed by atoms with E-state index >= 15 is 0 Å². The zero-order valence-electron chi connectivity index (χ0n) is 12.7. The van der Waals surface area contributed by atoms with E-state index in [0.29, 0.717) is 17.0 Å². The van der Waals surface area contributed by atoms with Gasteiger partial charge in [-0.25, -0.2) is 0 Å². The van der Waals surface area contributed by atoms with Gasteiger partial charge in [0.1, 0.15) is 0 Å². The first-order chi connectivity index (χ1) is 11.0. The molecular formula is C16H18N2O4S. The van der Waals surface area contributed by atoms with Gasteiger partial charge in [-0.3, -0.25) is 14.4 Å². The number of carbonyl (C=O) groups is 3. The van der Waals surface area contributed by atoms with Gasteiger partial charge in [-0.15, -0.1) is 11.8 Å². The van der Waals surface area contributed by atoms with E-state index in [4.69, 9.17) is 5.11 Å². The number of hydrogen-bond donors (Lipinski definition) is 2. The molecule has 1 saturated carbocycles. The lowest BCUT2D eigenvalue weighted by Gasteiger charge is -2.25. The fraction of sp³-hybridized carbons (Fsp3) is 0.438. The number of carbonyl (C=O) groups excluding carboxylic acids is 2. The van der Waals surface area contributed by atoms with Crippen molar-refractivity contribution in [3.05, 3.63) is 23.8 Å². The molecule has 0 radical (unpaired) electrons. The number of thioether (sulfide) groups is 1. The van der Waals surface area contributed by atoms with E-state index < -0.39 is 11.9 Å². The Morgan fingerprint density at radius 2 is 2.17 bits per heavy atom. The molecule has 0 spiro atoms. The van der Waals surface area contributed by atoms with Crippen LogP contribution in [0.4, 0.5) is 5.69 Å². The molecule has 2 amide bonds. The number of benzene rings is 1. The average Bonchev–Trinajstić information content (AvgIpc) is 3.35. The van der Waals surface area contributed by atoms with E-state index in [1.165, 1.54) is 11.8 Å². The van der Waals surface area contributed by atoms with Crippen LogP contribution in [0.3, 0.4) is 0 Å². The van der Waals surface area contributed by atoms with Gasteiger partial charge in [-0.05, 0) is 31.0 Å². The topological polar surface area (TPSA) is 86.7 Å². The van der Waals surface area contributed by atoms with Gasteiger partial charge in [0.05, 0.1) is 17.4 Å². The smallest absolute Gasteiger partial charge is 0.308 e. The minimum absolute atomic E-state index is 0.0781. The van der Waals surface area contributed by atoms with E-state index in [-0.39, 0.29) is 24.4 Å². The summed E-state index contributed by atoms with van der Waals surface area (Å²) >= 11 is 1.44. The number of nitrogens with zero attached hydrogens (tertiary/aromatic N) is 1. The molecule has 6 nitrogen and oxygen atoms in total. The first-order valence-electron chi connectivity index (χ1n) is 7.56. The van der Waals surface area contributed by atoms with Crippen molar-refractivity contribution in [2.75, 3.05) is 17.6 Å². The number of carboxylic acids is 1. The fourth-order valence-corrected chi connectivity index (χ4v) is 3.33. The number of amides is 2. The van der Waals surface area contributed by atoms with Gasteiger partial charge in [0.2, 0.25) is 5.91 Å². The molecule has 23 heavy (non-hydrogen) atoms. The van der Waals surface area contributed by atoms with E-state index in [9.17, 15) is 14.4 Å². The summed E-state index contributed by atoms with van der Waals surface area (Å²) in [7, 11) is 0. The van der Waals surface area contributed by atoms with Crippen molar-refractivity contribution >= 4 is 35.2 Å². The maximum Gasteiger partial charge on any atom is 0.308 e. The van der Waals surface area contributed by atoms with E-state index in [1.54, 1.807) is 24.0 Å². The summed E-state index contributed by atoms with van der Waals surface area (Å²) in [6.07, 6.45) is 1.82. The van der Waals surface area contributed by atoms with Crippen LogP contribution in [0.25, 0.3) is 0 Å². The molecule has 1 unspecified atom stereocenters. The summed E-state index contributed by atoms with van der Waals surface area (Å²) < 4.78 is 0. The summed E-state index contributed by atoms with van der Waals surface area (Å²) in [6.45, 7) is 1.81. The van der Waals surface area contributed by atoms with Crippen LogP contribution in [-0.4, -0.2) is 46.1 Å². The first-order valence-corrected chi connectivity index (χ1v) is 8.54. The number of hydrogen-bond acceptors (Lipinski definition) is 4. The molecule has 1 aliphatic carbocycles. The lowest BCUT2D eigenvalue weighted by molar-refractivity contribution is -0.141. The molecule has 2 aliphatic rings. The van der Waals surface area contributed by atoms with Crippen molar-refractivity contribution in [3.8, 4) is 0 Å². The van der Waals surface area contributed by atoms with Crippen LogP contribution >= 0.6 is 11.8 Å². The summed E-state index contributed by atoms with van der Waals surface area (Å²) in [5.74, 6) is -1.38. The Morgan fingerprint density at radius 3 is 2.83 bits per heavy atom. The molecule has 0 saturated heterocycles. The minimum atomic E-state index is -0.905. The molecule has 1 heterocycles. The van der Waals surface area contributed by atoms with Gasteiger partial charge in [0.25, 0.3) is 5.91 Å². The molecule has 2 N–H and O–H groups in total. The first kappa shape index (κ1) is 15.9. The van der Waals surface area contributed by atoms with Crippen LogP contribution in [0.5, 0.6) is 0 Å². The van der Waals surface area contributed by atoms with Crippen molar-refractivity contribution < 1.29 is 19.5 Å². The minimum Gasteiger partial charge on any atom is -0.481 e. The maximum absolute atomic E-state index is 12.8. The lowest BCUT2D eigenvalue weighted by atomic mass is 10.1. The van der Waals surface area contributed by atoms with E-state index in [1.807, 2.05) is 6.07 Å². The molecular weight excluding hydrogens is 316 g/mol. The summed E-state index contributed by atoms with van der Waals surface area (Å²) in [4.78, 5) is 37.9. The second-order valence-electron chi connectivity index (χ2n) is 5.98. The SMILES string of the molecule is CC(CN(C(=O)c1ccc2c(c1)NC(=O)CS2)C1CC1)C(=O)O. The Bertz CT molecular complexity index is 672. The third kappa shape index (κ3) is 3.50. The molecule has 122 valence electrons. The normalized spacial score (nSPS) is 17.9. The van der Waals surface area contributed by atoms with Crippen LogP contribution < -0.4 is 5.32 Å². The van der Waals surface area contributed by atoms with Crippen molar-refractivity contribution in [1.82, 2.24) is 4.90 Å². The standard InChI is InChI=1S/C16H18N2O4S/c1-9(16(21)22)7-18(11-3-4-11)15(20)10-2-5-13-12(6-10)17-14(19)8-23-13/h2,5-6,9,11H,3-4,7-8H2,1H3,(H,17,19)(H,21,22). The Kier molecular flexibility index (Phi) is 4.30. The molecule has 1 atom stereocenters. The van der Waals surface area contributed by atoms with Crippen LogP contribution in [0, 0.1) is 5.92 Å². The molecule has 1 aromatic carbocycles. The maximum atomic E-state index is 12.8. The largest absolute Gasteiger partial charge is 0.481 e. The Labute approximate surface area is 138 Å². The Hall–Kier alpha value is -2.02.